The van der Waals surface area contributed by atoms with Crippen molar-refractivity contribution in [2.75, 3.05) is 19.0 Å². The second kappa shape index (κ2) is 6.51. The molecule has 2 N–H and O–H groups in total. The first-order chi connectivity index (χ1) is 11.5. The van der Waals surface area contributed by atoms with E-state index in [0.717, 1.165) is 12.8 Å². The largest absolute Gasteiger partial charge is 0.497 e. The topological polar surface area (TPSA) is 87.7 Å². The van der Waals surface area contributed by atoms with Crippen molar-refractivity contribution in [1.82, 2.24) is 10.2 Å². The summed E-state index contributed by atoms with van der Waals surface area (Å²) in [6, 6.07) is 6.57. The van der Waals surface area contributed by atoms with Gasteiger partial charge in [0.25, 0.3) is 5.91 Å². The summed E-state index contributed by atoms with van der Waals surface area (Å²) in [6.07, 6.45) is 3.33. The molecule has 24 heavy (non-hydrogen) atoms. The second-order valence-electron chi connectivity index (χ2n) is 6.20. The van der Waals surface area contributed by atoms with Gasteiger partial charge in [0.05, 0.1) is 7.11 Å². The maximum atomic E-state index is 12.5. The summed E-state index contributed by atoms with van der Waals surface area (Å²) in [4.78, 5) is 37.7. The van der Waals surface area contributed by atoms with Gasteiger partial charge >= 0.3 is 6.03 Å². The molecule has 1 saturated carbocycles. The van der Waals surface area contributed by atoms with Gasteiger partial charge in [0.2, 0.25) is 5.91 Å². The standard InChI is InChI=1S/C17H21N3O4/c1-24-13-6-4-12(5-7-13)18-14(21)8-11-20-15(22)17(19-16(20)23)9-2-3-10-17/h4-7H,2-3,8-11H2,1H3,(H,18,21)(H,19,23). The van der Waals surface area contributed by atoms with Crippen molar-refractivity contribution >= 4 is 23.5 Å². The van der Waals surface area contributed by atoms with Crippen molar-refractivity contribution in [3.63, 3.8) is 0 Å². The Hall–Kier alpha value is -2.57. The van der Waals surface area contributed by atoms with Gasteiger partial charge in [-0.1, -0.05) is 12.8 Å². The van der Waals surface area contributed by atoms with Crippen molar-refractivity contribution in [2.24, 2.45) is 0 Å². The number of rotatable bonds is 5. The van der Waals surface area contributed by atoms with Gasteiger partial charge in [-0.15, -0.1) is 0 Å². The first kappa shape index (κ1) is 16.3. The SMILES string of the molecule is COc1ccc(NC(=O)CCN2C(=O)NC3(CCCC3)C2=O)cc1. The summed E-state index contributed by atoms with van der Waals surface area (Å²) < 4.78 is 5.06. The van der Waals surface area contributed by atoms with Crippen molar-refractivity contribution in [1.29, 1.82) is 0 Å². The fourth-order valence-electron chi connectivity index (χ4n) is 3.31. The third-order valence-corrected chi connectivity index (χ3v) is 4.64. The quantitative estimate of drug-likeness (QED) is 0.807. The lowest BCUT2D eigenvalue weighted by atomic mass is 9.98. The molecule has 0 radical (unpaired) electrons. The van der Waals surface area contributed by atoms with Gasteiger partial charge < -0.3 is 15.4 Å². The molecule has 7 heteroatoms. The van der Waals surface area contributed by atoms with Crippen LogP contribution in [0.2, 0.25) is 0 Å². The summed E-state index contributed by atoms with van der Waals surface area (Å²) >= 11 is 0. The van der Waals surface area contributed by atoms with Crippen LogP contribution >= 0.6 is 0 Å². The lowest BCUT2D eigenvalue weighted by molar-refractivity contribution is -0.131. The van der Waals surface area contributed by atoms with E-state index in [9.17, 15) is 14.4 Å². The summed E-state index contributed by atoms with van der Waals surface area (Å²) in [5.41, 5.74) is -0.0749. The van der Waals surface area contributed by atoms with Gasteiger partial charge in [0.1, 0.15) is 11.3 Å². The average molecular weight is 331 g/mol. The number of benzene rings is 1. The number of ether oxygens (including phenoxy) is 1. The molecule has 0 unspecified atom stereocenters. The van der Waals surface area contributed by atoms with Crippen LogP contribution in [0.3, 0.4) is 0 Å². The molecule has 2 fully saturated rings. The fourth-order valence-corrected chi connectivity index (χ4v) is 3.31. The molecular formula is C17H21N3O4. The van der Waals surface area contributed by atoms with Crippen LogP contribution in [0.4, 0.5) is 10.5 Å². The van der Waals surface area contributed by atoms with Crippen LogP contribution in [0, 0.1) is 0 Å². The van der Waals surface area contributed by atoms with E-state index in [1.165, 1.54) is 4.90 Å². The summed E-state index contributed by atoms with van der Waals surface area (Å²) in [6.45, 7) is 0.0917. The highest BCUT2D eigenvalue weighted by Crippen LogP contribution is 2.35. The summed E-state index contributed by atoms with van der Waals surface area (Å²) in [5, 5.41) is 5.55. The first-order valence-electron chi connectivity index (χ1n) is 8.12. The third kappa shape index (κ3) is 3.06. The van der Waals surface area contributed by atoms with Crippen LogP contribution < -0.4 is 15.4 Å². The minimum atomic E-state index is -0.719. The van der Waals surface area contributed by atoms with E-state index < -0.39 is 5.54 Å². The monoisotopic (exact) mass is 331 g/mol. The third-order valence-electron chi connectivity index (χ3n) is 4.64. The zero-order valence-corrected chi connectivity index (χ0v) is 13.6. The molecule has 1 aromatic rings. The molecule has 1 spiro atoms. The molecule has 3 rings (SSSR count). The zero-order chi connectivity index (χ0) is 17.2. The Morgan fingerprint density at radius 1 is 1.25 bits per heavy atom. The van der Waals surface area contributed by atoms with E-state index in [0.29, 0.717) is 24.3 Å². The van der Waals surface area contributed by atoms with Gasteiger partial charge in [0.15, 0.2) is 0 Å². The predicted molar refractivity (Wildman–Crippen MR) is 87.7 cm³/mol. The number of anilines is 1. The maximum Gasteiger partial charge on any atom is 0.325 e. The smallest absolute Gasteiger partial charge is 0.325 e. The number of carbonyl (C=O) groups is 3. The number of urea groups is 1. The Morgan fingerprint density at radius 2 is 1.92 bits per heavy atom. The molecule has 1 aliphatic carbocycles. The van der Waals surface area contributed by atoms with E-state index in [2.05, 4.69) is 10.6 Å². The normalized spacial score (nSPS) is 18.8. The molecular weight excluding hydrogens is 310 g/mol. The van der Waals surface area contributed by atoms with Crippen LogP contribution in [-0.2, 0) is 9.59 Å². The van der Waals surface area contributed by atoms with E-state index in [4.69, 9.17) is 4.74 Å². The molecule has 7 nitrogen and oxygen atoms in total. The van der Waals surface area contributed by atoms with Crippen LogP contribution in [0.25, 0.3) is 0 Å². The number of imide groups is 1. The molecule has 1 heterocycles. The zero-order valence-electron chi connectivity index (χ0n) is 13.6. The molecule has 128 valence electrons. The van der Waals surface area contributed by atoms with Crippen molar-refractivity contribution in [3.8, 4) is 5.75 Å². The Kier molecular flexibility index (Phi) is 4.42. The number of methoxy groups -OCH3 is 1. The minimum absolute atomic E-state index is 0.0707. The molecule has 0 bridgehead atoms. The number of nitrogens with one attached hydrogen (secondary N) is 2. The molecule has 0 atom stereocenters. The van der Waals surface area contributed by atoms with Gasteiger partial charge in [0, 0.05) is 18.7 Å². The summed E-state index contributed by atoms with van der Waals surface area (Å²) in [7, 11) is 1.57. The van der Waals surface area contributed by atoms with E-state index >= 15 is 0 Å². The van der Waals surface area contributed by atoms with E-state index in [-0.39, 0.29) is 30.8 Å². The van der Waals surface area contributed by atoms with Crippen molar-refractivity contribution in [2.45, 2.75) is 37.6 Å². The fraction of sp³-hybridized carbons (Fsp3) is 0.471. The van der Waals surface area contributed by atoms with Crippen molar-refractivity contribution < 1.29 is 19.1 Å². The highest BCUT2D eigenvalue weighted by atomic mass is 16.5. The van der Waals surface area contributed by atoms with E-state index in [1.807, 2.05) is 0 Å². The lowest BCUT2D eigenvalue weighted by Crippen LogP contribution is -2.44. The second-order valence-corrected chi connectivity index (χ2v) is 6.20. The highest BCUT2D eigenvalue weighted by molar-refractivity contribution is 6.07. The average Bonchev–Trinajstić information content (AvgIpc) is 3.13. The Morgan fingerprint density at radius 3 is 2.54 bits per heavy atom. The number of nitrogens with zero attached hydrogens (tertiary/aromatic N) is 1. The molecule has 0 aromatic heterocycles. The molecule has 1 aromatic carbocycles. The van der Waals surface area contributed by atoms with Crippen LogP contribution in [-0.4, -0.2) is 41.9 Å². The lowest BCUT2D eigenvalue weighted by Gasteiger charge is -2.19. The highest BCUT2D eigenvalue weighted by Gasteiger charge is 2.52. The Bertz CT molecular complexity index is 650. The molecule has 1 saturated heterocycles. The number of amides is 4. The van der Waals surface area contributed by atoms with Crippen LogP contribution in [0.5, 0.6) is 5.75 Å². The minimum Gasteiger partial charge on any atom is -0.497 e. The number of carbonyl (C=O) groups excluding carboxylic acids is 3. The van der Waals surface area contributed by atoms with Gasteiger partial charge in [-0.3, -0.25) is 14.5 Å². The molecule has 4 amide bonds. The van der Waals surface area contributed by atoms with Crippen molar-refractivity contribution in [3.05, 3.63) is 24.3 Å². The van der Waals surface area contributed by atoms with Gasteiger partial charge in [-0.25, -0.2) is 4.79 Å². The first-order valence-corrected chi connectivity index (χ1v) is 8.12. The Balaban J connectivity index is 1.54. The predicted octanol–water partition coefficient (Wildman–Crippen LogP) is 1.89. The van der Waals surface area contributed by atoms with Crippen LogP contribution in [0.1, 0.15) is 32.1 Å². The maximum absolute atomic E-state index is 12.5. The van der Waals surface area contributed by atoms with E-state index in [1.54, 1.807) is 31.4 Å². The van der Waals surface area contributed by atoms with Crippen LogP contribution in [0.15, 0.2) is 24.3 Å². The van der Waals surface area contributed by atoms with Gasteiger partial charge in [-0.2, -0.15) is 0 Å². The van der Waals surface area contributed by atoms with Gasteiger partial charge in [-0.05, 0) is 37.1 Å². The number of hydrogen-bond donors (Lipinski definition) is 2. The number of hydrogen-bond acceptors (Lipinski definition) is 4. The molecule has 2 aliphatic rings. The molecule has 1 aliphatic heterocycles. The Labute approximate surface area is 140 Å². The summed E-state index contributed by atoms with van der Waals surface area (Å²) in [5.74, 6) is 0.268.